The van der Waals surface area contributed by atoms with Gasteiger partial charge in [0.2, 0.25) is 0 Å². The highest BCUT2D eigenvalue weighted by molar-refractivity contribution is 9.09. The second-order valence-electron chi connectivity index (χ2n) is 4.22. The predicted octanol–water partition coefficient (Wildman–Crippen LogP) is 0.243. The first-order valence-electron chi connectivity index (χ1n) is 6.15. The molecule has 1 fully saturated rings. The monoisotopic (exact) mass is 360 g/mol. The van der Waals surface area contributed by atoms with Crippen LogP contribution < -0.4 is 0 Å². The Kier molecular flexibility index (Phi) is 8.43. The Balaban J connectivity index is 1.94. The van der Waals surface area contributed by atoms with Gasteiger partial charge in [-0.15, -0.1) is 0 Å². The molecule has 0 aromatic carbocycles. The summed E-state index contributed by atoms with van der Waals surface area (Å²) in [5.74, 6) is 0.231. The quantitative estimate of drug-likeness (QED) is 0.410. The minimum atomic E-state index is -2.95. The number of ether oxygens (including phenoxy) is 4. The number of hydrogen-bond donors (Lipinski definition) is 0. The lowest BCUT2D eigenvalue weighted by Crippen LogP contribution is -2.24. The van der Waals surface area contributed by atoms with E-state index in [2.05, 4.69) is 15.9 Å². The Bertz CT molecular complexity index is 334. The molecule has 0 radical (unpaired) electrons. The molecule has 1 aliphatic heterocycles. The maximum atomic E-state index is 11.3. The summed E-state index contributed by atoms with van der Waals surface area (Å²) in [5, 5.41) is 0. The summed E-state index contributed by atoms with van der Waals surface area (Å²) < 4.78 is 43.5. The SMILES string of the molecule is COCCOCCOCCOC1CS(=O)(=O)CC1Br. The van der Waals surface area contributed by atoms with E-state index < -0.39 is 9.84 Å². The van der Waals surface area contributed by atoms with Gasteiger partial charge in [-0.1, -0.05) is 15.9 Å². The molecule has 19 heavy (non-hydrogen) atoms. The first kappa shape index (κ1) is 17.3. The van der Waals surface area contributed by atoms with Crippen LogP contribution in [0.15, 0.2) is 0 Å². The maximum absolute atomic E-state index is 11.3. The normalized spacial score (nSPS) is 25.8. The van der Waals surface area contributed by atoms with Crippen LogP contribution in [0.3, 0.4) is 0 Å². The fraction of sp³-hybridized carbons (Fsp3) is 1.00. The van der Waals surface area contributed by atoms with Gasteiger partial charge in [0.15, 0.2) is 9.84 Å². The largest absolute Gasteiger partial charge is 0.382 e. The highest BCUT2D eigenvalue weighted by atomic mass is 79.9. The predicted molar refractivity (Wildman–Crippen MR) is 74.6 cm³/mol. The minimum absolute atomic E-state index is 0.0864. The average Bonchev–Trinajstić information content (AvgIpc) is 2.60. The van der Waals surface area contributed by atoms with Gasteiger partial charge >= 0.3 is 0 Å². The van der Waals surface area contributed by atoms with E-state index in [4.69, 9.17) is 18.9 Å². The topological polar surface area (TPSA) is 71.1 Å². The zero-order chi connectivity index (χ0) is 14.1. The summed E-state index contributed by atoms with van der Waals surface area (Å²) >= 11 is 3.32. The maximum Gasteiger partial charge on any atom is 0.154 e. The van der Waals surface area contributed by atoms with Gasteiger partial charge in [0.25, 0.3) is 0 Å². The van der Waals surface area contributed by atoms with Gasteiger partial charge in [0, 0.05) is 7.11 Å². The molecule has 0 amide bonds. The van der Waals surface area contributed by atoms with Gasteiger partial charge in [-0.25, -0.2) is 8.42 Å². The molecule has 6 nitrogen and oxygen atoms in total. The molecule has 0 spiro atoms. The third-order valence-corrected chi connectivity index (χ3v) is 5.64. The summed E-state index contributed by atoms with van der Waals surface area (Å²) in [6, 6.07) is 0. The zero-order valence-corrected chi connectivity index (χ0v) is 13.4. The molecular weight excluding hydrogens is 340 g/mol. The van der Waals surface area contributed by atoms with Crippen molar-refractivity contribution in [3.8, 4) is 0 Å². The van der Waals surface area contributed by atoms with Crippen molar-refractivity contribution in [1.29, 1.82) is 0 Å². The lowest BCUT2D eigenvalue weighted by Gasteiger charge is -2.13. The molecular formula is C11H21BrO6S. The molecule has 1 heterocycles. The summed E-state index contributed by atoms with van der Waals surface area (Å²) in [6.45, 7) is 2.97. The van der Waals surface area contributed by atoms with E-state index in [-0.39, 0.29) is 22.4 Å². The van der Waals surface area contributed by atoms with E-state index in [1.165, 1.54) is 0 Å². The van der Waals surface area contributed by atoms with Crippen LogP contribution in [-0.4, -0.2) is 77.6 Å². The third-order valence-electron chi connectivity index (χ3n) is 2.60. The molecule has 1 aliphatic rings. The number of halogens is 1. The standard InChI is InChI=1S/C11H21BrO6S/c1-15-2-3-16-4-5-17-6-7-18-11-9-19(13,14)8-10(11)12/h10-11H,2-9H2,1H3. The summed E-state index contributed by atoms with van der Waals surface area (Å²) in [6.07, 6.45) is -0.272. The molecule has 2 atom stereocenters. The van der Waals surface area contributed by atoms with Crippen LogP contribution in [0, 0.1) is 0 Å². The lowest BCUT2D eigenvalue weighted by atomic mass is 10.3. The van der Waals surface area contributed by atoms with Crippen LogP contribution in [0.4, 0.5) is 0 Å². The van der Waals surface area contributed by atoms with Crippen LogP contribution in [0.25, 0.3) is 0 Å². The van der Waals surface area contributed by atoms with E-state index in [1.807, 2.05) is 0 Å². The third kappa shape index (κ3) is 7.57. The number of alkyl halides is 1. The van der Waals surface area contributed by atoms with Crippen molar-refractivity contribution >= 4 is 25.8 Å². The molecule has 0 aliphatic carbocycles. The second kappa shape index (κ2) is 9.25. The summed E-state index contributed by atoms with van der Waals surface area (Å²) in [4.78, 5) is -0.116. The van der Waals surface area contributed by atoms with Gasteiger partial charge in [0.05, 0.1) is 62.1 Å². The van der Waals surface area contributed by atoms with Crippen molar-refractivity contribution in [3.63, 3.8) is 0 Å². The molecule has 1 saturated heterocycles. The Morgan fingerprint density at radius 1 is 1.00 bits per heavy atom. The van der Waals surface area contributed by atoms with Gasteiger partial charge in [-0.05, 0) is 0 Å². The molecule has 0 aromatic heterocycles. The molecule has 0 N–H and O–H groups in total. The van der Waals surface area contributed by atoms with E-state index in [9.17, 15) is 8.42 Å². The van der Waals surface area contributed by atoms with Crippen molar-refractivity contribution in [2.45, 2.75) is 10.9 Å². The van der Waals surface area contributed by atoms with Gasteiger partial charge < -0.3 is 18.9 Å². The van der Waals surface area contributed by atoms with E-state index in [0.29, 0.717) is 39.6 Å². The fourth-order valence-electron chi connectivity index (χ4n) is 1.65. The molecule has 0 saturated carbocycles. The second-order valence-corrected chi connectivity index (χ2v) is 7.55. The molecule has 2 unspecified atom stereocenters. The lowest BCUT2D eigenvalue weighted by molar-refractivity contribution is -0.00900. The first-order chi connectivity index (χ1) is 9.05. The Morgan fingerprint density at radius 2 is 1.58 bits per heavy atom. The summed E-state index contributed by atoms with van der Waals surface area (Å²) in [5.41, 5.74) is 0. The van der Waals surface area contributed by atoms with Crippen molar-refractivity contribution in [2.75, 3.05) is 58.3 Å². The number of methoxy groups -OCH3 is 1. The average molecular weight is 361 g/mol. The van der Waals surface area contributed by atoms with Crippen LogP contribution >= 0.6 is 15.9 Å². The fourth-order valence-corrected chi connectivity index (χ4v) is 5.11. The van der Waals surface area contributed by atoms with Crippen molar-refractivity contribution < 1.29 is 27.4 Å². The molecule has 114 valence electrons. The highest BCUT2D eigenvalue weighted by Gasteiger charge is 2.36. The van der Waals surface area contributed by atoms with Gasteiger partial charge in [0.1, 0.15) is 0 Å². The minimum Gasteiger partial charge on any atom is -0.382 e. The van der Waals surface area contributed by atoms with Crippen LogP contribution in [0.2, 0.25) is 0 Å². The molecule has 1 rings (SSSR count). The Labute approximate surface area is 122 Å². The van der Waals surface area contributed by atoms with E-state index in [1.54, 1.807) is 7.11 Å². The molecule has 0 bridgehead atoms. The first-order valence-corrected chi connectivity index (χ1v) is 8.89. The van der Waals surface area contributed by atoms with Gasteiger partial charge in [-0.2, -0.15) is 0 Å². The van der Waals surface area contributed by atoms with Crippen LogP contribution in [0.5, 0.6) is 0 Å². The van der Waals surface area contributed by atoms with Crippen molar-refractivity contribution in [3.05, 3.63) is 0 Å². The van der Waals surface area contributed by atoms with Crippen LogP contribution in [-0.2, 0) is 28.8 Å². The number of rotatable bonds is 10. The van der Waals surface area contributed by atoms with E-state index in [0.717, 1.165) is 0 Å². The zero-order valence-electron chi connectivity index (χ0n) is 11.0. The molecule has 0 aromatic rings. The number of hydrogen-bond acceptors (Lipinski definition) is 6. The Morgan fingerprint density at radius 3 is 2.11 bits per heavy atom. The summed E-state index contributed by atoms with van der Waals surface area (Å²) in [7, 11) is -1.33. The van der Waals surface area contributed by atoms with Crippen LogP contribution in [0.1, 0.15) is 0 Å². The Hall–Kier alpha value is 0.270. The highest BCUT2D eigenvalue weighted by Crippen LogP contribution is 2.22. The van der Waals surface area contributed by atoms with Crippen molar-refractivity contribution in [1.82, 2.24) is 0 Å². The van der Waals surface area contributed by atoms with Crippen molar-refractivity contribution in [2.24, 2.45) is 0 Å². The van der Waals surface area contributed by atoms with Gasteiger partial charge in [-0.3, -0.25) is 0 Å². The smallest absolute Gasteiger partial charge is 0.154 e. The van der Waals surface area contributed by atoms with E-state index >= 15 is 0 Å². The molecule has 8 heteroatoms. The number of sulfone groups is 1.